The number of nitrogens with one attached hydrogen (secondary N) is 1. The summed E-state index contributed by atoms with van der Waals surface area (Å²) in [4.78, 5) is 0. The van der Waals surface area contributed by atoms with E-state index in [1.807, 2.05) is 55.5 Å². The smallest absolute Gasteiger partial charge is 0.128 e. The number of aromatic amines is 1. The third-order valence-corrected chi connectivity index (χ3v) is 5.08. The van der Waals surface area contributed by atoms with Crippen LogP contribution in [-0.2, 0) is 6.61 Å². The van der Waals surface area contributed by atoms with Crippen molar-refractivity contribution >= 4 is 11.6 Å². The second-order valence-electron chi connectivity index (χ2n) is 7.03. The number of nitrogens with zero attached hydrogens (tertiary/aromatic N) is 1. The highest BCUT2D eigenvalue weighted by Gasteiger charge is 2.17. The Morgan fingerprint density at radius 3 is 2.38 bits per heavy atom. The summed E-state index contributed by atoms with van der Waals surface area (Å²) in [7, 11) is 0. The zero-order valence-electron chi connectivity index (χ0n) is 16.2. The summed E-state index contributed by atoms with van der Waals surface area (Å²) in [5.74, 6) is 0.722. The van der Waals surface area contributed by atoms with E-state index in [-0.39, 0.29) is 5.75 Å². The van der Waals surface area contributed by atoms with E-state index in [0.29, 0.717) is 28.6 Å². The van der Waals surface area contributed by atoms with Crippen molar-refractivity contribution in [1.29, 1.82) is 0 Å². The number of halogens is 1. The number of benzene rings is 3. The topological polar surface area (TPSA) is 58.1 Å². The van der Waals surface area contributed by atoms with Crippen LogP contribution in [0.3, 0.4) is 0 Å². The number of rotatable bonds is 5. The van der Waals surface area contributed by atoms with E-state index < -0.39 is 0 Å². The number of phenolic OH excluding ortho intramolecular Hbond substituents is 1. The Kier molecular flexibility index (Phi) is 5.28. The van der Waals surface area contributed by atoms with Gasteiger partial charge in [-0.05, 0) is 49.2 Å². The molecule has 0 radical (unpaired) electrons. The molecule has 4 aromatic rings. The number of ether oxygens (including phenoxy) is 1. The minimum absolute atomic E-state index is 0.119. The molecule has 5 heteroatoms. The van der Waals surface area contributed by atoms with Crippen LogP contribution in [0.5, 0.6) is 11.5 Å². The summed E-state index contributed by atoms with van der Waals surface area (Å²) in [6.45, 7) is 4.45. The molecule has 4 rings (SSSR count). The van der Waals surface area contributed by atoms with Gasteiger partial charge < -0.3 is 9.84 Å². The van der Waals surface area contributed by atoms with Gasteiger partial charge in [-0.3, -0.25) is 5.10 Å². The first-order valence-corrected chi connectivity index (χ1v) is 9.71. The standard InChI is InChI=1S/C24H21ClN2O2/c1-15-3-5-17(6-4-15)14-29-20-11-12-21(22(28)13-20)24-23(16(2)26-27-24)18-7-9-19(25)10-8-18/h3-13,28H,14H2,1-2H3,(H,26,27). The van der Waals surface area contributed by atoms with Crippen molar-refractivity contribution in [2.45, 2.75) is 20.5 Å². The number of aromatic hydroxyl groups is 1. The highest BCUT2D eigenvalue weighted by atomic mass is 35.5. The summed E-state index contributed by atoms with van der Waals surface area (Å²) in [6, 6.07) is 21.0. The fourth-order valence-electron chi connectivity index (χ4n) is 3.25. The summed E-state index contributed by atoms with van der Waals surface area (Å²) in [6.07, 6.45) is 0. The molecule has 0 saturated heterocycles. The fraction of sp³-hybridized carbons (Fsp3) is 0.125. The molecule has 146 valence electrons. The molecule has 2 N–H and O–H groups in total. The van der Waals surface area contributed by atoms with Crippen LogP contribution >= 0.6 is 11.6 Å². The SMILES string of the molecule is Cc1ccc(COc2ccc(-c3n[nH]c(C)c3-c3ccc(Cl)cc3)c(O)c2)cc1. The van der Waals surface area contributed by atoms with E-state index in [4.69, 9.17) is 16.3 Å². The molecule has 0 atom stereocenters. The summed E-state index contributed by atoms with van der Waals surface area (Å²) in [5.41, 5.74) is 6.45. The van der Waals surface area contributed by atoms with Gasteiger partial charge in [-0.25, -0.2) is 0 Å². The minimum atomic E-state index is 0.119. The van der Waals surface area contributed by atoms with Crippen LogP contribution in [0, 0.1) is 13.8 Å². The van der Waals surface area contributed by atoms with Crippen LogP contribution in [0.4, 0.5) is 0 Å². The van der Waals surface area contributed by atoms with Gasteiger partial charge in [0.1, 0.15) is 23.8 Å². The molecule has 1 aromatic heterocycles. The molecule has 1 heterocycles. The molecule has 0 aliphatic rings. The quantitative estimate of drug-likeness (QED) is 0.410. The van der Waals surface area contributed by atoms with Crippen molar-refractivity contribution in [3.05, 3.63) is 88.6 Å². The third-order valence-electron chi connectivity index (χ3n) is 4.83. The number of phenols is 1. The lowest BCUT2D eigenvalue weighted by Gasteiger charge is -2.10. The monoisotopic (exact) mass is 404 g/mol. The van der Waals surface area contributed by atoms with Gasteiger partial charge in [-0.15, -0.1) is 0 Å². The predicted molar refractivity (Wildman–Crippen MR) is 116 cm³/mol. The summed E-state index contributed by atoms with van der Waals surface area (Å²) >= 11 is 6.02. The highest BCUT2D eigenvalue weighted by molar-refractivity contribution is 6.30. The van der Waals surface area contributed by atoms with Crippen LogP contribution in [0.15, 0.2) is 66.7 Å². The average Bonchev–Trinajstić information content (AvgIpc) is 3.09. The Morgan fingerprint density at radius 1 is 0.966 bits per heavy atom. The number of hydrogen-bond acceptors (Lipinski definition) is 3. The number of hydrogen-bond donors (Lipinski definition) is 2. The fourth-order valence-corrected chi connectivity index (χ4v) is 3.37. The van der Waals surface area contributed by atoms with Gasteiger partial charge >= 0.3 is 0 Å². The second-order valence-corrected chi connectivity index (χ2v) is 7.47. The van der Waals surface area contributed by atoms with Crippen molar-refractivity contribution in [1.82, 2.24) is 10.2 Å². The van der Waals surface area contributed by atoms with Crippen LogP contribution in [0.2, 0.25) is 5.02 Å². The molecule has 0 aliphatic carbocycles. The second kappa shape index (κ2) is 8.02. The van der Waals surface area contributed by atoms with E-state index in [2.05, 4.69) is 29.3 Å². The summed E-state index contributed by atoms with van der Waals surface area (Å²) in [5, 5.41) is 18.8. The molecular formula is C24H21ClN2O2. The maximum Gasteiger partial charge on any atom is 0.128 e. The number of aryl methyl sites for hydroxylation is 2. The molecule has 0 unspecified atom stereocenters. The molecule has 4 nitrogen and oxygen atoms in total. The summed E-state index contributed by atoms with van der Waals surface area (Å²) < 4.78 is 5.83. The zero-order valence-corrected chi connectivity index (χ0v) is 17.0. The van der Waals surface area contributed by atoms with Gasteiger partial charge in [-0.1, -0.05) is 53.6 Å². The molecule has 0 spiro atoms. The molecule has 3 aromatic carbocycles. The highest BCUT2D eigenvalue weighted by Crippen LogP contribution is 2.39. The van der Waals surface area contributed by atoms with Gasteiger partial charge in [0.05, 0.1) is 0 Å². The predicted octanol–water partition coefficient (Wildman–Crippen LogP) is 6.30. The largest absolute Gasteiger partial charge is 0.507 e. The Hall–Kier alpha value is -3.24. The first kappa shape index (κ1) is 19.1. The van der Waals surface area contributed by atoms with E-state index in [9.17, 15) is 5.11 Å². The number of aromatic nitrogens is 2. The lowest BCUT2D eigenvalue weighted by molar-refractivity contribution is 0.304. The van der Waals surface area contributed by atoms with Crippen LogP contribution < -0.4 is 4.74 Å². The number of H-pyrrole nitrogens is 1. The van der Waals surface area contributed by atoms with Crippen molar-refractivity contribution in [3.8, 4) is 33.9 Å². The van der Waals surface area contributed by atoms with Crippen molar-refractivity contribution < 1.29 is 9.84 Å². The molecule has 0 aliphatic heterocycles. The maximum atomic E-state index is 10.6. The van der Waals surface area contributed by atoms with Crippen molar-refractivity contribution in [3.63, 3.8) is 0 Å². The zero-order chi connectivity index (χ0) is 20.4. The third kappa shape index (κ3) is 4.13. The average molecular weight is 405 g/mol. The van der Waals surface area contributed by atoms with Crippen LogP contribution in [0.25, 0.3) is 22.4 Å². The molecule has 0 amide bonds. The molecule has 0 bridgehead atoms. The normalized spacial score (nSPS) is 10.9. The van der Waals surface area contributed by atoms with Gasteiger partial charge in [-0.2, -0.15) is 5.10 Å². The lowest BCUT2D eigenvalue weighted by Crippen LogP contribution is -1.95. The maximum absolute atomic E-state index is 10.6. The van der Waals surface area contributed by atoms with E-state index >= 15 is 0 Å². The van der Waals surface area contributed by atoms with Gasteiger partial charge in [0.25, 0.3) is 0 Å². The van der Waals surface area contributed by atoms with Gasteiger partial charge in [0.15, 0.2) is 0 Å². The Bertz CT molecular complexity index is 1130. The first-order chi connectivity index (χ1) is 14.0. The van der Waals surface area contributed by atoms with Crippen LogP contribution in [-0.4, -0.2) is 15.3 Å². The van der Waals surface area contributed by atoms with E-state index in [1.165, 1.54) is 5.56 Å². The van der Waals surface area contributed by atoms with E-state index in [1.54, 1.807) is 6.07 Å². The lowest BCUT2D eigenvalue weighted by atomic mass is 9.99. The Morgan fingerprint density at radius 2 is 1.69 bits per heavy atom. The Labute approximate surface area is 174 Å². The van der Waals surface area contributed by atoms with Gasteiger partial charge in [0, 0.05) is 27.9 Å². The van der Waals surface area contributed by atoms with Crippen molar-refractivity contribution in [2.75, 3.05) is 0 Å². The minimum Gasteiger partial charge on any atom is -0.507 e. The van der Waals surface area contributed by atoms with Gasteiger partial charge in [0.2, 0.25) is 0 Å². The first-order valence-electron chi connectivity index (χ1n) is 9.34. The molecule has 0 saturated carbocycles. The molecular weight excluding hydrogens is 384 g/mol. The van der Waals surface area contributed by atoms with E-state index in [0.717, 1.165) is 22.4 Å². The van der Waals surface area contributed by atoms with Crippen molar-refractivity contribution in [2.24, 2.45) is 0 Å². The molecule has 29 heavy (non-hydrogen) atoms. The Balaban J connectivity index is 1.60. The van der Waals surface area contributed by atoms with Crippen LogP contribution in [0.1, 0.15) is 16.8 Å². The molecule has 0 fully saturated rings.